The van der Waals surface area contributed by atoms with Crippen LogP contribution in [0, 0.1) is 23.7 Å². The fourth-order valence-corrected chi connectivity index (χ4v) is 2.69. The summed E-state index contributed by atoms with van der Waals surface area (Å²) in [4.78, 5) is 30.1. The van der Waals surface area contributed by atoms with Crippen molar-refractivity contribution in [2.24, 2.45) is 0 Å². The standard InChI is InChI=1S/C19H15N5O2/c1-2-6-22-19(26)13-3-4-14-11-24(12-18(25)23-17(14)8-13)16-5-7-21-15(9-16)10-20/h1,3-5,7-9H,6,11-12H2,(H,22,26)(H,23,25). The number of carbonyl (C=O) groups excluding carboxylic acids is 2. The van der Waals surface area contributed by atoms with Crippen molar-refractivity contribution in [2.75, 3.05) is 23.3 Å². The quantitative estimate of drug-likeness (QED) is 0.817. The van der Waals surface area contributed by atoms with Crippen LogP contribution in [0.25, 0.3) is 0 Å². The number of nitrogens with one attached hydrogen (secondary N) is 2. The maximum absolute atomic E-state index is 12.3. The number of nitrogens with zero attached hydrogens (tertiary/aromatic N) is 3. The van der Waals surface area contributed by atoms with Crippen molar-refractivity contribution in [3.05, 3.63) is 53.3 Å². The highest BCUT2D eigenvalue weighted by atomic mass is 16.2. The second-order valence-electron chi connectivity index (χ2n) is 5.67. The van der Waals surface area contributed by atoms with Gasteiger partial charge in [-0.2, -0.15) is 5.26 Å². The van der Waals surface area contributed by atoms with Gasteiger partial charge in [0.25, 0.3) is 5.91 Å². The maximum atomic E-state index is 12.3. The normalized spacial score (nSPS) is 12.8. The molecule has 1 aromatic heterocycles. The number of pyridine rings is 1. The summed E-state index contributed by atoms with van der Waals surface area (Å²) in [5, 5.41) is 14.4. The molecule has 2 amide bonds. The molecule has 2 heterocycles. The summed E-state index contributed by atoms with van der Waals surface area (Å²) < 4.78 is 0. The van der Waals surface area contributed by atoms with E-state index in [1.165, 1.54) is 6.20 Å². The fourth-order valence-electron chi connectivity index (χ4n) is 2.69. The Kier molecular flexibility index (Phi) is 4.82. The highest BCUT2D eigenvalue weighted by Gasteiger charge is 2.21. The van der Waals surface area contributed by atoms with Gasteiger partial charge in [-0.25, -0.2) is 4.98 Å². The lowest BCUT2D eigenvalue weighted by Crippen LogP contribution is -2.29. The molecule has 0 saturated heterocycles. The van der Waals surface area contributed by atoms with E-state index in [-0.39, 0.29) is 30.6 Å². The van der Waals surface area contributed by atoms with Crippen LogP contribution in [0.4, 0.5) is 11.4 Å². The van der Waals surface area contributed by atoms with Crippen molar-refractivity contribution in [3.8, 4) is 18.4 Å². The number of carbonyl (C=O) groups is 2. The van der Waals surface area contributed by atoms with Gasteiger partial charge in [0.1, 0.15) is 11.8 Å². The van der Waals surface area contributed by atoms with Crippen LogP contribution in [0.5, 0.6) is 0 Å². The minimum absolute atomic E-state index is 0.127. The molecule has 2 N–H and O–H groups in total. The van der Waals surface area contributed by atoms with E-state index < -0.39 is 0 Å². The first-order chi connectivity index (χ1) is 12.6. The van der Waals surface area contributed by atoms with Crippen molar-refractivity contribution in [2.45, 2.75) is 6.54 Å². The van der Waals surface area contributed by atoms with Crippen LogP contribution in [0.1, 0.15) is 21.6 Å². The molecule has 1 aromatic carbocycles. The Morgan fingerprint density at radius 3 is 2.96 bits per heavy atom. The minimum atomic E-state index is -0.297. The van der Waals surface area contributed by atoms with Gasteiger partial charge >= 0.3 is 0 Å². The third-order valence-corrected chi connectivity index (χ3v) is 3.92. The summed E-state index contributed by atoms with van der Waals surface area (Å²) >= 11 is 0. The van der Waals surface area contributed by atoms with Gasteiger partial charge in [-0.05, 0) is 29.8 Å². The predicted molar refractivity (Wildman–Crippen MR) is 96.2 cm³/mol. The molecule has 0 fully saturated rings. The zero-order valence-corrected chi connectivity index (χ0v) is 13.8. The summed E-state index contributed by atoms with van der Waals surface area (Å²) in [7, 11) is 0. The lowest BCUT2D eigenvalue weighted by Gasteiger charge is -2.21. The van der Waals surface area contributed by atoms with E-state index in [1.807, 2.05) is 11.0 Å². The lowest BCUT2D eigenvalue weighted by molar-refractivity contribution is -0.114. The molecule has 0 aliphatic carbocycles. The first kappa shape index (κ1) is 17.0. The molecule has 0 radical (unpaired) electrons. The Morgan fingerprint density at radius 2 is 2.19 bits per heavy atom. The molecule has 0 bridgehead atoms. The minimum Gasteiger partial charge on any atom is -0.358 e. The van der Waals surface area contributed by atoms with E-state index in [2.05, 4.69) is 21.5 Å². The van der Waals surface area contributed by atoms with E-state index in [0.717, 1.165) is 11.3 Å². The van der Waals surface area contributed by atoms with Gasteiger partial charge in [-0.1, -0.05) is 12.0 Å². The number of aromatic nitrogens is 1. The summed E-state index contributed by atoms with van der Waals surface area (Å²) in [6, 6.07) is 10.5. The van der Waals surface area contributed by atoms with E-state index in [1.54, 1.807) is 30.3 Å². The predicted octanol–water partition coefficient (Wildman–Crippen LogP) is 1.27. The average molecular weight is 345 g/mol. The number of amides is 2. The Balaban J connectivity index is 1.89. The van der Waals surface area contributed by atoms with Crippen molar-refractivity contribution in [3.63, 3.8) is 0 Å². The third kappa shape index (κ3) is 3.63. The van der Waals surface area contributed by atoms with Crippen molar-refractivity contribution < 1.29 is 9.59 Å². The second-order valence-corrected chi connectivity index (χ2v) is 5.67. The third-order valence-electron chi connectivity index (χ3n) is 3.92. The van der Waals surface area contributed by atoms with Crippen LogP contribution < -0.4 is 15.5 Å². The van der Waals surface area contributed by atoms with E-state index in [9.17, 15) is 9.59 Å². The first-order valence-corrected chi connectivity index (χ1v) is 7.86. The summed E-state index contributed by atoms with van der Waals surface area (Å²) in [5.41, 5.74) is 2.88. The molecule has 0 atom stereocenters. The molecular weight excluding hydrogens is 330 g/mol. The van der Waals surface area contributed by atoms with Gasteiger partial charge < -0.3 is 15.5 Å². The zero-order valence-electron chi connectivity index (χ0n) is 13.8. The van der Waals surface area contributed by atoms with E-state index in [4.69, 9.17) is 11.7 Å². The molecule has 1 aliphatic heterocycles. The maximum Gasteiger partial charge on any atom is 0.252 e. The van der Waals surface area contributed by atoms with E-state index in [0.29, 0.717) is 17.8 Å². The number of fused-ring (bicyclic) bond motifs is 1. The van der Waals surface area contributed by atoms with Crippen LogP contribution in [-0.4, -0.2) is 29.9 Å². The monoisotopic (exact) mass is 345 g/mol. The highest BCUT2D eigenvalue weighted by Crippen LogP contribution is 2.26. The molecule has 1 aliphatic rings. The SMILES string of the molecule is C#CCNC(=O)c1ccc2c(c1)NC(=O)CN(c1ccnc(C#N)c1)C2. The number of hydrogen-bond donors (Lipinski definition) is 2. The van der Waals surface area contributed by atoms with Crippen LogP contribution in [0.2, 0.25) is 0 Å². The number of terminal acetylenes is 1. The fraction of sp³-hybridized carbons (Fsp3) is 0.158. The van der Waals surface area contributed by atoms with Crippen LogP contribution in [0.15, 0.2) is 36.5 Å². The average Bonchev–Trinajstić information content (AvgIpc) is 2.83. The van der Waals surface area contributed by atoms with Gasteiger partial charge in [0, 0.05) is 29.7 Å². The molecule has 0 unspecified atom stereocenters. The van der Waals surface area contributed by atoms with Crippen LogP contribution in [0.3, 0.4) is 0 Å². The molecule has 128 valence electrons. The molecule has 7 nitrogen and oxygen atoms in total. The molecule has 7 heteroatoms. The second kappa shape index (κ2) is 7.37. The molecule has 0 spiro atoms. The number of benzene rings is 1. The Bertz CT molecular complexity index is 955. The first-order valence-electron chi connectivity index (χ1n) is 7.86. The Morgan fingerprint density at radius 1 is 1.35 bits per heavy atom. The number of rotatable bonds is 3. The summed E-state index contributed by atoms with van der Waals surface area (Å²) in [6.07, 6.45) is 6.68. The molecular formula is C19H15N5O2. The van der Waals surface area contributed by atoms with Crippen molar-refractivity contribution in [1.29, 1.82) is 5.26 Å². The largest absolute Gasteiger partial charge is 0.358 e. The van der Waals surface area contributed by atoms with Gasteiger partial charge in [0.2, 0.25) is 5.91 Å². The van der Waals surface area contributed by atoms with Gasteiger partial charge in [-0.15, -0.1) is 6.42 Å². The summed E-state index contributed by atoms with van der Waals surface area (Å²) in [6.45, 7) is 0.719. The Hall–Kier alpha value is -3.84. The van der Waals surface area contributed by atoms with Gasteiger partial charge in [0.15, 0.2) is 0 Å². The highest BCUT2D eigenvalue weighted by molar-refractivity contribution is 5.99. The van der Waals surface area contributed by atoms with Gasteiger partial charge in [-0.3, -0.25) is 9.59 Å². The number of hydrogen-bond acceptors (Lipinski definition) is 5. The summed E-state index contributed by atoms with van der Waals surface area (Å²) in [5.74, 6) is 1.84. The smallest absolute Gasteiger partial charge is 0.252 e. The molecule has 26 heavy (non-hydrogen) atoms. The van der Waals surface area contributed by atoms with Crippen LogP contribution >= 0.6 is 0 Å². The van der Waals surface area contributed by atoms with Crippen molar-refractivity contribution in [1.82, 2.24) is 10.3 Å². The topological polar surface area (TPSA) is 98.1 Å². The number of anilines is 2. The van der Waals surface area contributed by atoms with Crippen molar-refractivity contribution >= 4 is 23.2 Å². The lowest BCUT2D eigenvalue weighted by atomic mass is 10.1. The van der Waals surface area contributed by atoms with Crippen LogP contribution in [-0.2, 0) is 11.3 Å². The van der Waals surface area contributed by atoms with Gasteiger partial charge in [0.05, 0.1) is 13.1 Å². The van der Waals surface area contributed by atoms with E-state index >= 15 is 0 Å². The molecule has 2 aromatic rings. The zero-order chi connectivity index (χ0) is 18.5. The molecule has 0 saturated carbocycles. The Labute approximate surface area is 150 Å². The number of nitriles is 1. The molecule has 3 rings (SSSR count).